The molecule has 1 fully saturated rings. The van der Waals surface area contributed by atoms with Gasteiger partial charge in [-0.3, -0.25) is 9.69 Å². The third kappa shape index (κ3) is 3.33. The number of aryl methyl sites for hydroxylation is 2. The zero-order valence-corrected chi connectivity index (χ0v) is 14.5. The quantitative estimate of drug-likeness (QED) is 0.904. The molecule has 1 aromatic carbocycles. The van der Waals surface area contributed by atoms with Gasteiger partial charge in [-0.1, -0.05) is 36.2 Å². The molecule has 0 saturated carbocycles. The standard InChI is InChI=1S/C19H23NO2S/c1-13-6-8-15(9-7-13)17(18-14(2)10-12-23-18)20-11-4-3-5-16(20)19(21)22/h6-10,12,16-17H,3-5,11H2,1-2H3,(H,21,22). The van der Waals surface area contributed by atoms with Gasteiger partial charge in [-0.2, -0.15) is 0 Å². The molecule has 2 unspecified atom stereocenters. The highest BCUT2D eigenvalue weighted by Crippen LogP contribution is 2.38. The van der Waals surface area contributed by atoms with E-state index in [1.165, 1.54) is 21.6 Å². The Bertz CT molecular complexity index is 677. The molecule has 3 nitrogen and oxygen atoms in total. The summed E-state index contributed by atoms with van der Waals surface area (Å²) in [5.41, 5.74) is 3.66. The topological polar surface area (TPSA) is 40.5 Å². The Morgan fingerprint density at radius 1 is 1.22 bits per heavy atom. The lowest BCUT2D eigenvalue weighted by atomic mass is 9.94. The highest BCUT2D eigenvalue weighted by molar-refractivity contribution is 7.10. The van der Waals surface area contributed by atoms with Crippen molar-refractivity contribution in [3.63, 3.8) is 0 Å². The zero-order chi connectivity index (χ0) is 16.4. The molecule has 3 rings (SSSR count). The van der Waals surface area contributed by atoms with Crippen LogP contribution in [0.15, 0.2) is 35.7 Å². The van der Waals surface area contributed by atoms with Crippen LogP contribution in [0.2, 0.25) is 0 Å². The summed E-state index contributed by atoms with van der Waals surface area (Å²) in [6.45, 7) is 5.04. The van der Waals surface area contributed by atoms with Crippen LogP contribution in [0.1, 0.15) is 46.9 Å². The van der Waals surface area contributed by atoms with E-state index in [0.29, 0.717) is 0 Å². The van der Waals surface area contributed by atoms with Crippen LogP contribution in [0.3, 0.4) is 0 Å². The number of hydrogen-bond donors (Lipinski definition) is 1. The normalized spacial score (nSPS) is 20.3. The molecule has 2 heterocycles. The summed E-state index contributed by atoms with van der Waals surface area (Å²) in [5, 5.41) is 11.8. The number of benzene rings is 1. The summed E-state index contributed by atoms with van der Waals surface area (Å²) in [5.74, 6) is -0.698. The van der Waals surface area contributed by atoms with E-state index in [1.807, 2.05) is 0 Å². The molecule has 0 spiro atoms. The molecule has 2 atom stereocenters. The largest absolute Gasteiger partial charge is 0.480 e. The number of nitrogens with zero attached hydrogens (tertiary/aromatic N) is 1. The van der Waals surface area contributed by atoms with Crippen molar-refractivity contribution < 1.29 is 9.90 Å². The van der Waals surface area contributed by atoms with Gasteiger partial charge in [0.15, 0.2) is 0 Å². The maximum Gasteiger partial charge on any atom is 0.320 e. The van der Waals surface area contributed by atoms with Crippen LogP contribution in [0.25, 0.3) is 0 Å². The predicted molar refractivity (Wildman–Crippen MR) is 94.1 cm³/mol. The van der Waals surface area contributed by atoms with Crippen LogP contribution in [-0.2, 0) is 4.79 Å². The zero-order valence-electron chi connectivity index (χ0n) is 13.7. The highest BCUT2D eigenvalue weighted by Gasteiger charge is 2.36. The van der Waals surface area contributed by atoms with E-state index in [0.717, 1.165) is 25.8 Å². The van der Waals surface area contributed by atoms with Gasteiger partial charge in [0.2, 0.25) is 0 Å². The van der Waals surface area contributed by atoms with Crippen molar-refractivity contribution in [2.45, 2.75) is 45.2 Å². The first-order valence-electron chi connectivity index (χ1n) is 8.17. The van der Waals surface area contributed by atoms with Gasteiger partial charge in [0.25, 0.3) is 0 Å². The van der Waals surface area contributed by atoms with Crippen molar-refractivity contribution in [3.8, 4) is 0 Å². The van der Waals surface area contributed by atoms with Crippen molar-refractivity contribution >= 4 is 17.3 Å². The summed E-state index contributed by atoms with van der Waals surface area (Å²) in [4.78, 5) is 15.2. The molecular formula is C19H23NO2S. The van der Waals surface area contributed by atoms with Gasteiger partial charge in [-0.05, 0) is 55.8 Å². The molecular weight excluding hydrogens is 306 g/mol. The molecule has 0 amide bonds. The van der Waals surface area contributed by atoms with Gasteiger partial charge in [-0.25, -0.2) is 0 Å². The number of likely N-dealkylation sites (tertiary alicyclic amines) is 1. The van der Waals surface area contributed by atoms with E-state index in [1.54, 1.807) is 11.3 Å². The van der Waals surface area contributed by atoms with E-state index in [-0.39, 0.29) is 6.04 Å². The first-order valence-corrected chi connectivity index (χ1v) is 9.05. The van der Waals surface area contributed by atoms with Gasteiger partial charge >= 0.3 is 5.97 Å². The summed E-state index contributed by atoms with van der Waals surface area (Å²) >= 11 is 1.73. The smallest absolute Gasteiger partial charge is 0.320 e. The Kier molecular flexibility index (Phi) is 4.83. The fourth-order valence-corrected chi connectivity index (χ4v) is 4.51. The van der Waals surface area contributed by atoms with Gasteiger partial charge in [-0.15, -0.1) is 11.3 Å². The second-order valence-electron chi connectivity index (χ2n) is 6.37. The summed E-state index contributed by atoms with van der Waals surface area (Å²) in [6, 6.07) is 10.3. The van der Waals surface area contributed by atoms with Crippen LogP contribution >= 0.6 is 11.3 Å². The van der Waals surface area contributed by atoms with Gasteiger partial charge < -0.3 is 5.11 Å². The number of carbonyl (C=O) groups is 1. The van der Waals surface area contributed by atoms with Gasteiger partial charge in [0.1, 0.15) is 6.04 Å². The van der Waals surface area contributed by atoms with E-state index < -0.39 is 12.0 Å². The number of rotatable bonds is 4. The molecule has 122 valence electrons. The van der Waals surface area contributed by atoms with E-state index >= 15 is 0 Å². The molecule has 2 aromatic rings. The lowest BCUT2D eigenvalue weighted by Gasteiger charge is -2.39. The van der Waals surface area contributed by atoms with Crippen LogP contribution in [0.4, 0.5) is 0 Å². The maximum absolute atomic E-state index is 11.8. The summed E-state index contributed by atoms with van der Waals surface area (Å²) in [6.07, 6.45) is 2.80. The summed E-state index contributed by atoms with van der Waals surface area (Å²) < 4.78 is 0. The van der Waals surface area contributed by atoms with Crippen LogP contribution in [0, 0.1) is 13.8 Å². The molecule has 1 saturated heterocycles. The molecule has 1 aliphatic heterocycles. The van der Waals surface area contributed by atoms with Gasteiger partial charge in [0, 0.05) is 4.88 Å². The second-order valence-corrected chi connectivity index (χ2v) is 7.32. The minimum absolute atomic E-state index is 0.0389. The fraction of sp³-hybridized carbons (Fsp3) is 0.421. The third-order valence-corrected chi connectivity index (χ3v) is 5.78. The van der Waals surface area contributed by atoms with E-state index in [9.17, 15) is 9.90 Å². The van der Waals surface area contributed by atoms with Crippen molar-refractivity contribution in [3.05, 3.63) is 57.3 Å². The molecule has 0 radical (unpaired) electrons. The highest BCUT2D eigenvalue weighted by atomic mass is 32.1. The van der Waals surface area contributed by atoms with Crippen molar-refractivity contribution in [2.24, 2.45) is 0 Å². The average molecular weight is 329 g/mol. The molecule has 1 aliphatic rings. The van der Waals surface area contributed by atoms with Crippen LogP contribution in [0.5, 0.6) is 0 Å². The Labute approximate surface area is 141 Å². The van der Waals surface area contributed by atoms with Gasteiger partial charge in [0.05, 0.1) is 6.04 Å². The number of carboxylic acids is 1. The summed E-state index contributed by atoms with van der Waals surface area (Å²) in [7, 11) is 0. The third-order valence-electron chi connectivity index (χ3n) is 4.70. The minimum atomic E-state index is -0.698. The first kappa shape index (κ1) is 16.2. The monoisotopic (exact) mass is 329 g/mol. The number of hydrogen-bond acceptors (Lipinski definition) is 3. The Hall–Kier alpha value is -1.65. The van der Waals surface area contributed by atoms with Crippen LogP contribution in [-0.4, -0.2) is 28.6 Å². The predicted octanol–water partition coefficient (Wildman–Crippen LogP) is 4.39. The Balaban J connectivity index is 2.06. The van der Waals surface area contributed by atoms with Crippen molar-refractivity contribution in [1.29, 1.82) is 0 Å². The molecule has 23 heavy (non-hydrogen) atoms. The van der Waals surface area contributed by atoms with Crippen molar-refractivity contribution in [1.82, 2.24) is 4.90 Å². The Morgan fingerprint density at radius 3 is 2.57 bits per heavy atom. The lowest BCUT2D eigenvalue weighted by molar-refractivity contribution is -0.145. The molecule has 4 heteroatoms. The maximum atomic E-state index is 11.8. The number of carboxylic acid groups (broad SMARTS) is 1. The lowest BCUT2D eigenvalue weighted by Crippen LogP contribution is -2.46. The second kappa shape index (κ2) is 6.85. The van der Waals surface area contributed by atoms with E-state index in [4.69, 9.17) is 0 Å². The molecule has 0 aliphatic carbocycles. The molecule has 1 aromatic heterocycles. The SMILES string of the molecule is Cc1ccc(C(c2sccc2C)N2CCCCC2C(=O)O)cc1. The number of thiophene rings is 1. The number of piperidine rings is 1. The fourth-order valence-electron chi connectivity index (χ4n) is 3.43. The molecule has 0 bridgehead atoms. The van der Waals surface area contributed by atoms with E-state index in [2.05, 4.69) is 54.5 Å². The molecule has 1 N–H and O–H groups in total. The Morgan fingerprint density at radius 2 is 1.96 bits per heavy atom. The first-order chi connectivity index (χ1) is 11.1. The minimum Gasteiger partial charge on any atom is -0.480 e. The number of aliphatic carboxylic acids is 1. The van der Waals surface area contributed by atoms with Crippen LogP contribution < -0.4 is 0 Å². The average Bonchev–Trinajstić information content (AvgIpc) is 2.96. The van der Waals surface area contributed by atoms with Crippen molar-refractivity contribution in [2.75, 3.05) is 6.54 Å².